The lowest BCUT2D eigenvalue weighted by Crippen LogP contribution is -2.42. The van der Waals surface area contributed by atoms with Gasteiger partial charge in [0.2, 0.25) is 0 Å². The van der Waals surface area contributed by atoms with Gasteiger partial charge in [0.1, 0.15) is 11.5 Å². The third kappa shape index (κ3) is 4.15. The first-order chi connectivity index (χ1) is 13.6. The number of hydrogen-bond acceptors (Lipinski definition) is 6. The number of carbonyl (C=O) groups is 1. The number of nitrogens with zero attached hydrogens (tertiary/aromatic N) is 3. The smallest absolute Gasteiger partial charge is 0.272 e. The number of nitrogens with one attached hydrogen (secondary N) is 1. The topological polar surface area (TPSA) is 87.6 Å². The first-order valence-electron chi connectivity index (χ1n) is 9.83. The normalized spacial score (nSPS) is 24.5. The predicted octanol–water partition coefficient (Wildman–Crippen LogP) is 2.33. The molecule has 0 spiro atoms. The van der Waals surface area contributed by atoms with E-state index in [4.69, 9.17) is 4.74 Å². The van der Waals surface area contributed by atoms with Crippen LogP contribution in [0.3, 0.4) is 0 Å². The zero-order valence-corrected chi connectivity index (χ0v) is 16.0. The molecule has 0 radical (unpaired) electrons. The molecular weight excluding hydrogens is 356 g/mol. The number of rotatable bonds is 5. The standard InChI is InChI=1S/C21H26N4O3/c1-28-17-10-15(11-17)22-19-12-18(21(27)25-9-5-8-16(26)13-25)23-20(24-19)14-6-3-2-4-7-14/h2-4,6-7,12,15-17,26H,5,8-11,13H2,1H3,(H,22,23,24)/t15?,16-,17?/m0/s1. The summed E-state index contributed by atoms with van der Waals surface area (Å²) in [6.07, 6.45) is 3.19. The Morgan fingerprint density at radius 2 is 2.04 bits per heavy atom. The summed E-state index contributed by atoms with van der Waals surface area (Å²) in [5.74, 6) is 1.01. The van der Waals surface area contributed by atoms with Gasteiger partial charge in [-0.25, -0.2) is 9.97 Å². The Morgan fingerprint density at radius 1 is 1.25 bits per heavy atom. The molecule has 1 aliphatic heterocycles. The van der Waals surface area contributed by atoms with Crippen LogP contribution in [0.5, 0.6) is 0 Å². The first kappa shape index (κ1) is 18.8. The van der Waals surface area contributed by atoms with Crippen LogP contribution in [0.15, 0.2) is 36.4 Å². The van der Waals surface area contributed by atoms with Gasteiger partial charge in [0.25, 0.3) is 5.91 Å². The van der Waals surface area contributed by atoms with Gasteiger partial charge in [-0.15, -0.1) is 0 Å². The van der Waals surface area contributed by atoms with E-state index in [1.807, 2.05) is 30.3 Å². The van der Waals surface area contributed by atoms with Gasteiger partial charge in [-0.05, 0) is 25.7 Å². The van der Waals surface area contributed by atoms with Gasteiger partial charge >= 0.3 is 0 Å². The van der Waals surface area contributed by atoms with Crippen molar-refractivity contribution in [1.82, 2.24) is 14.9 Å². The molecule has 1 saturated heterocycles. The molecule has 2 fully saturated rings. The molecule has 1 amide bonds. The summed E-state index contributed by atoms with van der Waals surface area (Å²) < 4.78 is 5.34. The highest BCUT2D eigenvalue weighted by atomic mass is 16.5. The lowest BCUT2D eigenvalue weighted by molar-refractivity contribution is 0.0327. The molecule has 2 heterocycles. The molecule has 4 rings (SSSR count). The van der Waals surface area contributed by atoms with E-state index in [1.165, 1.54) is 0 Å². The van der Waals surface area contributed by atoms with E-state index in [2.05, 4.69) is 15.3 Å². The first-order valence-corrected chi connectivity index (χ1v) is 9.83. The number of β-amino-alcohol motifs (C(OH)–C–C–N with tert-alkyl or cyclic N) is 1. The number of likely N-dealkylation sites (tertiary alicyclic amines) is 1. The van der Waals surface area contributed by atoms with Crippen LogP contribution >= 0.6 is 0 Å². The van der Waals surface area contributed by atoms with Crippen LogP contribution in [0.4, 0.5) is 5.82 Å². The predicted molar refractivity (Wildman–Crippen MR) is 106 cm³/mol. The minimum atomic E-state index is -0.466. The van der Waals surface area contributed by atoms with Crippen molar-refractivity contribution in [2.24, 2.45) is 0 Å². The monoisotopic (exact) mass is 382 g/mol. The summed E-state index contributed by atoms with van der Waals surface area (Å²) in [4.78, 5) is 23.9. The fourth-order valence-electron chi connectivity index (χ4n) is 3.73. The number of anilines is 1. The maximum Gasteiger partial charge on any atom is 0.272 e. The number of piperidine rings is 1. The molecular formula is C21H26N4O3. The third-order valence-corrected chi connectivity index (χ3v) is 5.44. The van der Waals surface area contributed by atoms with Crippen LogP contribution in [0.25, 0.3) is 11.4 Å². The number of methoxy groups -OCH3 is 1. The Bertz CT molecular complexity index is 824. The van der Waals surface area contributed by atoms with Crippen LogP contribution in [0.2, 0.25) is 0 Å². The maximum absolute atomic E-state index is 13.0. The molecule has 0 bridgehead atoms. The molecule has 1 aliphatic carbocycles. The highest BCUT2D eigenvalue weighted by Crippen LogP contribution is 2.27. The number of aliphatic hydroxyl groups is 1. The maximum atomic E-state index is 13.0. The van der Waals surface area contributed by atoms with Crippen LogP contribution in [-0.2, 0) is 4.74 Å². The Morgan fingerprint density at radius 3 is 2.75 bits per heavy atom. The highest BCUT2D eigenvalue weighted by molar-refractivity contribution is 5.93. The van der Waals surface area contributed by atoms with E-state index < -0.39 is 6.10 Å². The van der Waals surface area contributed by atoms with Gasteiger partial charge in [-0.2, -0.15) is 0 Å². The van der Waals surface area contributed by atoms with E-state index in [0.717, 1.165) is 31.2 Å². The second-order valence-electron chi connectivity index (χ2n) is 7.55. The van der Waals surface area contributed by atoms with Crippen molar-refractivity contribution in [3.8, 4) is 11.4 Å². The number of benzene rings is 1. The number of hydrogen-bond donors (Lipinski definition) is 2. The average molecular weight is 382 g/mol. The van der Waals surface area contributed by atoms with E-state index in [0.29, 0.717) is 30.4 Å². The number of aromatic nitrogens is 2. The summed E-state index contributed by atoms with van der Waals surface area (Å²) in [6, 6.07) is 11.7. The molecule has 28 heavy (non-hydrogen) atoms. The molecule has 7 heteroatoms. The number of carbonyl (C=O) groups excluding carboxylic acids is 1. The van der Waals surface area contributed by atoms with Crippen molar-refractivity contribution in [2.45, 2.75) is 43.9 Å². The van der Waals surface area contributed by atoms with Gasteiger partial charge in [0, 0.05) is 37.9 Å². The van der Waals surface area contributed by atoms with Crippen molar-refractivity contribution in [1.29, 1.82) is 0 Å². The minimum absolute atomic E-state index is 0.162. The summed E-state index contributed by atoms with van der Waals surface area (Å²) in [5, 5.41) is 13.3. The zero-order chi connectivity index (χ0) is 19.5. The fraction of sp³-hybridized carbons (Fsp3) is 0.476. The molecule has 0 unspecified atom stereocenters. The van der Waals surface area contributed by atoms with Gasteiger partial charge in [0.05, 0.1) is 12.2 Å². The van der Waals surface area contributed by atoms with Crippen molar-refractivity contribution >= 4 is 11.7 Å². The molecule has 1 aromatic carbocycles. The van der Waals surface area contributed by atoms with Crippen LogP contribution in [0.1, 0.15) is 36.2 Å². The molecule has 2 aromatic rings. The van der Waals surface area contributed by atoms with Gasteiger partial charge in [0.15, 0.2) is 5.82 Å². The van der Waals surface area contributed by atoms with Crippen LogP contribution in [-0.4, -0.2) is 64.3 Å². The number of ether oxygens (including phenoxy) is 1. The molecule has 1 atom stereocenters. The lowest BCUT2D eigenvalue weighted by atomic mass is 9.89. The summed E-state index contributed by atoms with van der Waals surface area (Å²) >= 11 is 0. The minimum Gasteiger partial charge on any atom is -0.391 e. The van der Waals surface area contributed by atoms with Gasteiger partial charge in [-0.3, -0.25) is 4.79 Å². The Hall–Kier alpha value is -2.51. The summed E-state index contributed by atoms with van der Waals surface area (Å²) in [5.41, 5.74) is 1.22. The summed E-state index contributed by atoms with van der Waals surface area (Å²) in [7, 11) is 1.73. The van der Waals surface area contributed by atoms with E-state index >= 15 is 0 Å². The van der Waals surface area contributed by atoms with Crippen LogP contribution < -0.4 is 5.32 Å². The van der Waals surface area contributed by atoms with Crippen molar-refractivity contribution in [3.05, 3.63) is 42.1 Å². The largest absolute Gasteiger partial charge is 0.391 e. The molecule has 148 valence electrons. The fourth-order valence-corrected chi connectivity index (χ4v) is 3.73. The van der Waals surface area contributed by atoms with Crippen molar-refractivity contribution in [2.75, 3.05) is 25.5 Å². The molecule has 1 saturated carbocycles. The van der Waals surface area contributed by atoms with Gasteiger partial charge < -0.3 is 20.1 Å². The average Bonchev–Trinajstić information content (AvgIpc) is 2.70. The Kier molecular flexibility index (Phi) is 5.54. The molecule has 2 aliphatic rings. The quantitative estimate of drug-likeness (QED) is 0.825. The number of amides is 1. The Labute approximate surface area is 164 Å². The SMILES string of the molecule is COC1CC(Nc2cc(C(=O)N3CCC[C@H](O)C3)nc(-c3ccccc3)n2)C1. The zero-order valence-electron chi connectivity index (χ0n) is 16.0. The Balaban J connectivity index is 1.61. The lowest BCUT2D eigenvalue weighted by Gasteiger charge is -2.35. The van der Waals surface area contributed by atoms with E-state index in [1.54, 1.807) is 18.1 Å². The van der Waals surface area contributed by atoms with E-state index in [9.17, 15) is 9.90 Å². The molecule has 2 N–H and O–H groups in total. The second-order valence-corrected chi connectivity index (χ2v) is 7.55. The number of aliphatic hydroxyl groups excluding tert-OH is 1. The van der Waals surface area contributed by atoms with E-state index in [-0.39, 0.29) is 18.1 Å². The van der Waals surface area contributed by atoms with Crippen LogP contribution in [0, 0.1) is 0 Å². The van der Waals surface area contributed by atoms with Crippen molar-refractivity contribution < 1.29 is 14.6 Å². The summed E-state index contributed by atoms with van der Waals surface area (Å²) in [6.45, 7) is 0.992. The molecule has 7 nitrogen and oxygen atoms in total. The second kappa shape index (κ2) is 8.24. The van der Waals surface area contributed by atoms with Gasteiger partial charge in [-0.1, -0.05) is 30.3 Å². The molecule has 1 aromatic heterocycles. The third-order valence-electron chi connectivity index (χ3n) is 5.44. The van der Waals surface area contributed by atoms with Crippen molar-refractivity contribution in [3.63, 3.8) is 0 Å². The highest BCUT2D eigenvalue weighted by Gasteiger charge is 2.30.